The van der Waals surface area contributed by atoms with Gasteiger partial charge in [-0.2, -0.15) is 13.9 Å². The van der Waals surface area contributed by atoms with Crippen molar-refractivity contribution in [1.29, 1.82) is 0 Å². The van der Waals surface area contributed by atoms with Crippen molar-refractivity contribution in [3.8, 4) is 5.75 Å². The number of rotatable bonds is 10. The van der Waals surface area contributed by atoms with Crippen LogP contribution in [0.25, 0.3) is 5.65 Å². The van der Waals surface area contributed by atoms with E-state index in [-0.39, 0.29) is 35.8 Å². The van der Waals surface area contributed by atoms with E-state index in [1.165, 1.54) is 12.1 Å². The fourth-order valence-corrected chi connectivity index (χ4v) is 5.03. The highest BCUT2D eigenvalue weighted by Gasteiger charge is 2.29. The first kappa shape index (κ1) is 30.2. The number of ether oxygens (including phenoxy) is 2. The molecular weight excluding hydrogens is 586 g/mol. The molecule has 2 amide bonds. The lowest BCUT2D eigenvalue weighted by molar-refractivity contribution is -0.0522. The summed E-state index contributed by atoms with van der Waals surface area (Å²) in [4.78, 5) is 42.8. The van der Waals surface area contributed by atoms with Gasteiger partial charge in [-0.25, -0.2) is 23.1 Å². The van der Waals surface area contributed by atoms with E-state index in [2.05, 4.69) is 32.0 Å². The van der Waals surface area contributed by atoms with E-state index in [0.717, 1.165) is 45.6 Å². The van der Waals surface area contributed by atoms with E-state index in [4.69, 9.17) is 4.74 Å². The Morgan fingerprint density at radius 3 is 2.68 bits per heavy atom. The van der Waals surface area contributed by atoms with Crippen molar-refractivity contribution in [2.24, 2.45) is 0 Å². The Labute approximate surface area is 247 Å². The molecule has 0 bridgehead atoms. The molecule has 14 heteroatoms. The normalized spacial score (nSPS) is 13.9. The lowest BCUT2D eigenvalue weighted by Crippen LogP contribution is -2.30. The first-order chi connectivity index (χ1) is 21.1. The van der Waals surface area contributed by atoms with Crippen molar-refractivity contribution in [3.63, 3.8) is 0 Å². The number of halogens is 4. The van der Waals surface area contributed by atoms with Crippen LogP contribution in [0.2, 0.25) is 0 Å². The number of hydrogen-bond acceptors (Lipinski definition) is 7. The molecule has 0 radical (unpaired) electrons. The third kappa shape index (κ3) is 6.09. The molecule has 0 spiro atoms. The third-order valence-corrected chi connectivity index (χ3v) is 7.11. The number of benzene rings is 2. The first-order valence-electron chi connectivity index (χ1n) is 13.3. The number of carbonyl (C=O) groups is 3. The van der Waals surface area contributed by atoms with Gasteiger partial charge in [0.15, 0.2) is 23.0 Å². The molecule has 0 saturated heterocycles. The number of carbonyl (C=O) groups excluding carboxylic acids is 3. The van der Waals surface area contributed by atoms with Crippen LogP contribution in [0.4, 0.5) is 17.6 Å². The number of hydrogen-bond donors (Lipinski definition) is 2. The molecule has 4 aromatic rings. The van der Waals surface area contributed by atoms with Crippen molar-refractivity contribution in [1.82, 2.24) is 25.2 Å². The van der Waals surface area contributed by atoms with Crippen LogP contribution >= 0.6 is 0 Å². The highest BCUT2D eigenvalue weighted by atomic mass is 19.3. The Morgan fingerprint density at radius 1 is 1.14 bits per heavy atom. The SMILES string of the molecule is C=CCOC(=O)c1ccc2c(c1C)CC[C@@H]2NC(=O)c1cc(C(=O)NCc2ccc(F)c(OC(F)F)c2)nc2c(F)cnn12. The maximum Gasteiger partial charge on any atom is 0.387 e. The Bertz CT molecular complexity index is 1790. The van der Waals surface area contributed by atoms with Gasteiger partial charge < -0.3 is 20.1 Å². The smallest absolute Gasteiger partial charge is 0.387 e. The molecule has 2 N–H and O–H groups in total. The van der Waals surface area contributed by atoms with Crippen molar-refractivity contribution >= 4 is 23.4 Å². The summed E-state index contributed by atoms with van der Waals surface area (Å²) in [5, 5.41) is 9.26. The highest BCUT2D eigenvalue weighted by molar-refractivity contribution is 5.98. The molecule has 0 saturated carbocycles. The molecule has 0 aliphatic heterocycles. The molecule has 2 aromatic carbocycles. The minimum absolute atomic E-state index is 0.0753. The van der Waals surface area contributed by atoms with E-state index in [1.54, 1.807) is 19.1 Å². The average molecular weight is 612 g/mol. The maximum atomic E-state index is 14.5. The summed E-state index contributed by atoms with van der Waals surface area (Å²) in [6, 6.07) is 7.23. The van der Waals surface area contributed by atoms with Crippen LogP contribution in [0.3, 0.4) is 0 Å². The Kier molecular flexibility index (Phi) is 8.60. The van der Waals surface area contributed by atoms with Crippen LogP contribution in [0.1, 0.15) is 66.1 Å². The second-order valence-electron chi connectivity index (χ2n) is 9.84. The second kappa shape index (κ2) is 12.5. The van der Waals surface area contributed by atoms with Gasteiger partial charge in [0.2, 0.25) is 0 Å². The van der Waals surface area contributed by atoms with E-state index in [9.17, 15) is 31.9 Å². The van der Waals surface area contributed by atoms with Crippen LogP contribution in [0.5, 0.6) is 5.75 Å². The summed E-state index contributed by atoms with van der Waals surface area (Å²) in [6.07, 6.45) is 3.43. The van der Waals surface area contributed by atoms with Gasteiger partial charge in [-0.05, 0) is 60.2 Å². The number of fused-ring (bicyclic) bond motifs is 2. The van der Waals surface area contributed by atoms with E-state index in [1.807, 2.05) is 0 Å². The topological polar surface area (TPSA) is 124 Å². The number of esters is 1. The molecule has 1 aliphatic carbocycles. The zero-order valence-electron chi connectivity index (χ0n) is 23.2. The molecule has 1 aliphatic rings. The average Bonchev–Trinajstić information content (AvgIpc) is 3.59. The molecule has 0 fully saturated rings. The van der Waals surface area contributed by atoms with Gasteiger partial charge in [-0.3, -0.25) is 9.59 Å². The standard InChI is InChI=1S/C30H25F4N5O5/c1-3-10-43-29(42)18-5-6-19-17(15(18)2)7-9-22(19)38-28(41)24-12-23(37-26-21(32)14-36-39(24)26)27(40)35-13-16-4-8-20(31)25(11-16)44-30(33)34/h3-6,8,11-12,14,22,30H,1,7,9-10,13H2,2H3,(H,35,40)(H,38,41)/t22-/m0/s1. The Balaban J connectivity index is 1.36. The van der Waals surface area contributed by atoms with Crippen LogP contribution in [-0.4, -0.2) is 45.6 Å². The summed E-state index contributed by atoms with van der Waals surface area (Å²) >= 11 is 0. The first-order valence-corrected chi connectivity index (χ1v) is 13.3. The number of amides is 2. The van der Waals surface area contributed by atoms with Gasteiger partial charge >= 0.3 is 12.6 Å². The van der Waals surface area contributed by atoms with E-state index < -0.39 is 47.8 Å². The van der Waals surface area contributed by atoms with Gasteiger partial charge in [0.05, 0.1) is 17.8 Å². The van der Waals surface area contributed by atoms with E-state index >= 15 is 0 Å². The monoisotopic (exact) mass is 611 g/mol. The van der Waals surface area contributed by atoms with Crippen LogP contribution in [-0.2, 0) is 17.7 Å². The number of aromatic nitrogens is 3. The minimum atomic E-state index is -3.24. The Morgan fingerprint density at radius 2 is 1.93 bits per heavy atom. The summed E-state index contributed by atoms with van der Waals surface area (Å²) in [5.41, 5.74) is 2.22. The van der Waals surface area contributed by atoms with Crippen molar-refractivity contribution in [2.75, 3.05) is 6.61 Å². The molecule has 228 valence electrons. The lowest BCUT2D eigenvalue weighted by Gasteiger charge is -2.16. The molecular formula is C30H25F4N5O5. The quantitative estimate of drug-likeness (QED) is 0.153. The molecule has 10 nitrogen and oxygen atoms in total. The van der Waals surface area contributed by atoms with Crippen LogP contribution in [0.15, 0.2) is 55.3 Å². The number of nitrogens with zero attached hydrogens (tertiary/aromatic N) is 3. The maximum absolute atomic E-state index is 14.5. The number of nitrogens with one attached hydrogen (secondary N) is 2. The molecule has 2 heterocycles. The van der Waals surface area contributed by atoms with Crippen molar-refractivity contribution in [2.45, 2.75) is 39.0 Å². The third-order valence-electron chi connectivity index (χ3n) is 7.11. The van der Waals surface area contributed by atoms with Gasteiger partial charge in [0.25, 0.3) is 11.8 Å². The molecule has 0 unspecified atom stereocenters. The van der Waals surface area contributed by atoms with Crippen molar-refractivity contribution in [3.05, 3.63) is 106 Å². The van der Waals surface area contributed by atoms with Crippen molar-refractivity contribution < 1.29 is 41.4 Å². The van der Waals surface area contributed by atoms with Crippen LogP contribution < -0.4 is 15.4 Å². The zero-order valence-corrected chi connectivity index (χ0v) is 23.2. The predicted octanol–water partition coefficient (Wildman–Crippen LogP) is 4.61. The molecule has 44 heavy (non-hydrogen) atoms. The van der Waals surface area contributed by atoms with Gasteiger partial charge in [0, 0.05) is 12.6 Å². The summed E-state index contributed by atoms with van der Waals surface area (Å²) < 4.78 is 63.6. The lowest BCUT2D eigenvalue weighted by atomic mass is 9.98. The summed E-state index contributed by atoms with van der Waals surface area (Å²) in [6.45, 7) is 1.92. The van der Waals surface area contributed by atoms with Gasteiger partial charge in [-0.15, -0.1) is 0 Å². The largest absolute Gasteiger partial charge is 0.458 e. The Hall–Kier alpha value is -5.27. The van der Waals surface area contributed by atoms with Gasteiger partial charge in [0.1, 0.15) is 18.0 Å². The van der Waals surface area contributed by atoms with E-state index in [0.29, 0.717) is 18.4 Å². The summed E-state index contributed by atoms with van der Waals surface area (Å²) in [5.74, 6) is -4.54. The predicted molar refractivity (Wildman–Crippen MR) is 147 cm³/mol. The number of alkyl halides is 2. The second-order valence-corrected chi connectivity index (χ2v) is 9.84. The minimum Gasteiger partial charge on any atom is -0.458 e. The zero-order chi connectivity index (χ0) is 31.5. The summed E-state index contributed by atoms with van der Waals surface area (Å²) in [7, 11) is 0. The fourth-order valence-electron chi connectivity index (χ4n) is 5.03. The highest BCUT2D eigenvalue weighted by Crippen LogP contribution is 2.35. The molecule has 5 rings (SSSR count). The molecule has 2 aromatic heterocycles. The van der Waals surface area contributed by atoms with Gasteiger partial charge in [-0.1, -0.05) is 24.8 Å². The molecule has 1 atom stereocenters. The fraction of sp³-hybridized carbons (Fsp3) is 0.233. The van der Waals surface area contributed by atoms with Crippen LogP contribution in [0, 0.1) is 18.6 Å².